The van der Waals surface area contributed by atoms with Crippen molar-refractivity contribution in [3.8, 4) is 0 Å². The van der Waals surface area contributed by atoms with Crippen molar-refractivity contribution in [3.63, 3.8) is 0 Å². The first-order valence-electron chi connectivity index (χ1n) is 6.31. The third-order valence-electron chi connectivity index (χ3n) is 4.38. The highest BCUT2D eigenvalue weighted by Gasteiger charge is 2.44. The molecule has 15 heavy (non-hydrogen) atoms. The van der Waals surface area contributed by atoms with E-state index in [4.69, 9.17) is 10.5 Å². The number of ether oxygens (including phenoxy) is 1. The number of nitrogens with zero attached hydrogens (tertiary/aromatic N) is 1. The van der Waals surface area contributed by atoms with Crippen LogP contribution in [-0.2, 0) is 4.74 Å². The summed E-state index contributed by atoms with van der Waals surface area (Å²) >= 11 is 0. The van der Waals surface area contributed by atoms with Gasteiger partial charge in [0, 0.05) is 18.5 Å². The van der Waals surface area contributed by atoms with Crippen LogP contribution < -0.4 is 5.73 Å². The Kier molecular flexibility index (Phi) is 3.65. The topological polar surface area (TPSA) is 38.5 Å². The summed E-state index contributed by atoms with van der Waals surface area (Å²) in [6.07, 6.45) is 3.98. The van der Waals surface area contributed by atoms with E-state index in [1.165, 1.54) is 32.4 Å². The van der Waals surface area contributed by atoms with Crippen LogP contribution in [0.4, 0.5) is 0 Å². The molecule has 2 heterocycles. The standard InChI is InChI=1S/C12H24N2O/c1-2-12(9-15-10-12)11-3-6-14(7-4-11)8-5-13/h11H,2-10,13H2,1H3. The molecular formula is C12H24N2O. The largest absolute Gasteiger partial charge is 0.380 e. The summed E-state index contributed by atoms with van der Waals surface area (Å²) < 4.78 is 5.42. The van der Waals surface area contributed by atoms with Crippen molar-refractivity contribution >= 4 is 0 Å². The Hall–Kier alpha value is -0.120. The summed E-state index contributed by atoms with van der Waals surface area (Å²) in [6.45, 7) is 8.67. The molecule has 3 heteroatoms. The van der Waals surface area contributed by atoms with Gasteiger partial charge in [-0.15, -0.1) is 0 Å². The summed E-state index contributed by atoms with van der Waals surface area (Å²) in [6, 6.07) is 0. The molecule has 3 nitrogen and oxygen atoms in total. The molecule has 0 aromatic heterocycles. The van der Waals surface area contributed by atoms with Crippen molar-refractivity contribution in [1.29, 1.82) is 0 Å². The van der Waals surface area contributed by atoms with E-state index in [-0.39, 0.29) is 0 Å². The van der Waals surface area contributed by atoms with Crippen LogP contribution in [0.25, 0.3) is 0 Å². The second-order valence-electron chi connectivity index (χ2n) is 5.11. The van der Waals surface area contributed by atoms with E-state index in [9.17, 15) is 0 Å². The molecule has 0 radical (unpaired) electrons. The van der Waals surface area contributed by atoms with Gasteiger partial charge < -0.3 is 15.4 Å². The Morgan fingerprint density at radius 2 is 2.00 bits per heavy atom. The number of likely N-dealkylation sites (tertiary alicyclic amines) is 1. The van der Waals surface area contributed by atoms with Crippen LogP contribution in [0.15, 0.2) is 0 Å². The Morgan fingerprint density at radius 1 is 1.33 bits per heavy atom. The third-order valence-corrected chi connectivity index (χ3v) is 4.38. The molecule has 2 saturated heterocycles. The third kappa shape index (κ3) is 2.19. The summed E-state index contributed by atoms with van der Waals surface area (Å²) in [7, 11) is 0. The Labute approximate surface area is 93.0 Å². The summed E-state index contributed by atoms with van der Waals surface area (Å²) in [5, 5.41) is 0. The number of piperidine rings is 1. The lowest BCUT2D eigenvalue weighted by Gasteiger charge is -2.49. The molecule has 0 unspecified atom stereocenters. The Bertz CT molecular complexity index is 190. The summed E-state index contributed by atoms with van der Waals surface area (Å²) in [5.74, 6) is 0.894. The lowest BCUT2D eigenvalue weighted by atomic mass is 9.68. The van der Waals surface area contributed by atoms with Gasteiger partial charge in [-0.25, -0.2) is 0 Å². The molecule has 2 aliphatic rings. The summed E-state index contributed by atoms with van der Waals surface area (Å²) in [4.78, 5) is 2.50. The average molecular weight is 212 g/mol. The number of hydrogen-bond donors (Lipinski definition) is 1. The first-order valence-corrected chi connectivity index (χ1v) is 6.31. The fourth-order valence-corrected chi connectivity index (χ4v) is 3.04. The van der Waals surface area contributed by atoms with Crippen molar-refractivity contribution in [2.45, 2.75) is 26.2 Å². The van der Waals surface area contributed by atoms with Crippen LogP contribution >= 0.6 is 0 Å². The highest BCUT2D eigenvalue weighted by molar-refractivity contribution is 4.93. The van der Waals surface area contributed by atoms with Crippen LogP contribution in [0, 0.1) is 11.3 Å². The molecule has 2 rings (SSSR count). The normalized spacial score (nSPS) is 27.6. The maximum Gasteiger partial charge on any atom is 0.0547 e. The smallest absolute Gasteiger partial charge is 0.0547 e. The second-order valence-corrected chi connectivity index (χ2v) is 5.11. The lowest BCUT2D eigenvalue weighted by molar-refractivity contribution is -0.157. The zero-order valence-corrected chi connectivity index (χ0v) is 9.87. The minimum absolute atomic E-state index is 0.537. The predicted octanol–water partition coefficient (Wildman–Crippen LogP) is 1.08. The monoisotopic (exact) mass is 212 g/mol. The predicted molar refractivity (Wildman–Crippen MR) is 61.8 cm³/mol. The van der Waals surface area contributed by atoms with Crippen LogP contribution in [0.2, 0.25) is 0 Å². The van der Waals surface area contributed by atoms with Gasteiger partial charge >= 0.3 is 0 Å². The van der Waals surface area contributed by atoms with E-state index in [0.717, 1.165) is 32.2 Å². The van der Waals surface area contributed by atoms with E-state index in [1.54, 1.807) is 0 Å². The van der Waals surface area contributed by atoms with Gasteiger partial charge in [-0.05, 0) is 38.3 Å². The SMILES string of the molecule is CCC1(C2CCN(CCN)CC2)COC1. The molecule has 0 atom stereocenters. The molecule has 0 amide bonds. The molecule has 2 aliphatic heterocycles. The Morgan fingerprint density at radius 3 is 2.40 bits per heavy atom. The zero-order chi connectivity index (χ0) is 10.7. The Balaban J connectivity index is 1.82. The molecule has 2 fully saturated rings. The van der Waals surface area contributed by atoms with Gasteiger partial charge in [0.25, 0.3) is 0 Å². The van der Waals surface area contributed by atoms with Gasteiger partial charge in [-0.2, -0.15) is 0 Å². The maximum atomic E-state index is 5.58. The van der Waals surface area contributed by atoms with E-state index < -0.39 is 0 Å². The van der Waals surface area contributed by atoms with Crippen LogP contribution in [-0.4, -0.2) is 44.3 Å². The highest BCUT2D eigenvalue weighted by Crippen LogP contribution is 2.43. The fraction of sp³-hybridized carbons (Fsp3) is 1.00. The van der Waals surface area contributed by atoms with Crippen molar-refractivity contribution in [2.24, 2.45) is 17.1 Å². The van der Waals surface area contributed by atoms with Gasteiger partial charge in [0.15, 0.2) is 0 Å². The minimum atomic E-state index is 0.537. The van der Waals surface area contributed by atoms with Crippen molar-refractivity contribution in [3.05, 3.63) is 0 Å². The van der Waals surface area contributed by atoms with Crippen LogP contribution in [0.1, 0.15) is 26.2 Å². The molecule has 2 N–H and O–H groups in total. The quantitative estimate of drug-likeness (QED) is 0.758. The van der Waals surface area contributed by atoms with E-state index >= 15 is 0 Å². The van der Waals surface area contributed by atoms with Crippen molar-refractivity contribution < 1.29 is 4.74 Å². The zero-order valence-electron chi connectivity index (χ0n) is 9.87. The molecular weight excluding hydrogens is 188 g/mol. The van der Waals surface area contributed by atoms with Crippen LogP contribution in [0.5, 0.6) is 0 Å². The first-order chi connectivity index (χ1) is 7.30. The van der Waals surface area contributed by atoms with E-state index in [0.29, 0.717) is 5.41 Å². The minimum Gasteiger partial charge on any atom is -0.380 e. The number of hydrogen-bond acceptors (Lipinski definition) is 3. The molecule has 0 aromatic rings. The van der Waals surface area contributed by atoms with Gasteiger partial charge in [-0.3, -0.25) is 0 Å². The van der Waals surface area contributed by atoms with Gasteiger partial charge in [0.1, 0.15) is 0 Å². The second kappa shape index (κ2) is 4.81. The molecule has 0 aliphatic carbocycles. The molecule has 0 aromatic carbocycles. The van der Waals surface area contributed by atoms with Gasteiger partial charge in [0.2, 0.25) is 0 Å². The van der Waals surface area contributed by atoms with Gasteiger partial charge in [-0.1, -0.05) is 6.92 Å². The molecule has 0 saturated carbocycles. The van der Waals surface area contributed by atoms with E-state index in [2.05, 4.69) is 11.8 Å². The molecule has 0 bridgehead atoms. The van der Waals surface area contributed by atoms with Crippen molar-refractivity contribution in [1.82, 2.24) is 4.90 Å². The van der Waals surface area contributed by atoms with Crippen LogP contribution in [0.3, 0.4) is 0 Å². The molecule has 0 spiro atoms. The van der Waals surface area contributed by atoms with E-state index in [1.807, 2.05) is 0 Å². The number of rotatable bonds is 4. The number of nitrogens with two attached hydrogens (primary N) is 1. The molecule has 88 valence electrons. The van der Waals surface area contributed by atoms with Gasteiger partial charge in [0.05, 0.1) is 13.2 Å². The van der Waals surface area contributed by atoms with Crippen molar-refractivity contribution in [2.75, 3.05) is 39.4 Å². The summed E-state index contributed by atoms with van der Waals surface area (Å²) in [5.41, 5.74) is 6.12. The fourth-order valence-electron chi connectivity index (χ4n) is 3.04. The average Bonchev–Trinajstić information content (AvgIpc) is 2.20. The first kappa shape index (κ1) is 11.4. The highest BCUT2D eigenvalue weighted by atomic mass is 16.5. The maximum absolute atomic E-state index is 5.58. The lowest BCUT2D eigenvalue weighted by Crippen LogP contribution is -2.51.